The largest absolute Gasteiger partial charge is 0.314 e. The van der Waals surface area contributed by atoms with Crippen LogP contribution in [0.15, 0.2) is 18.2 Å². The van der Waals surface area contributed by atoms with Crippen LogP contribution in [-0.4, -0.2) is 32.5 Å². The molecule has 1 saturated heterocycles. The average Bonchev–Trinajstić information content (AvgIpc) is 2.73. The van der Waals surface area contributed by atoms with Crippen LogP contribution in [0.5, 0.6) is 0 Å². The van der Waals surface area contributed by atoms with Crippen molar-refractivity contribution in [2.24, 2.45) is 5.92 Å². The Balaban J connectivity index is 2.18. The lowest BCUT2D eigenvalue weighted by atomic mass is 9.92. The molecule has 112 valence electrons. The van der Waals surface area contributed by atoms with E-state index in [9.17, 15) is 12.8 Å². The predicted octanol–water partition coefficient (Wildman–Crippen LogP) is 2.43. The van der Waals surface area contributed by atoms with E-state index in [1.165, 1.54) is 6.07 Å². The summed E-state index contributed by atoms with van der Waals surface area (Å²) in [5.74, 6) is 0.0956. The highest BCUT2D eigenvalue weighted by Gasteiger charge is 2.33. The summed E-state index contributed by atoms with van der Waals surface area (Å²) in [6, 6.07) is 4.56. The van der Waals surface area contributed by atoms with Gasteiger partial charge in [0.2, 0.25) is 0 Å². The van der Waals surface area contributed by atoms with Gasteiger partial charge in [0.05, 0.1) is 11.5 Å². The number of benzene rings is 1. The average molecular weight is 320 g/mol. The van der Waals surface area contributed by atoms with E-state index in [1.807, 2.05) is 6.92 Å². The lowest BCUT2D eigenvalue weighted by Gasteiger charge is -2.24. The molecule has 0 radical (unpaired) electrons. The zero-order chi connectivity index (χ0) is 14.8. The molecule has 6 heteroatoms. The summed E-state index contributed by atoms with van der Waals surface area (Å²) in [7, 11) is -2.94. The van der Waals surface area contributed by atoms with Gasteiger partial charge >= 0.3 is 0 Å². The smallest absolute Gasteiger partial charge is 0.150 e. The number of nitrogens with one attached hydrogen (secondary N) is 1. The lowest BCUT2D eigenvalue weighted by Crippen LogP contribution is -2.39. The Morgan fingerprint density at radius 1 is 1.50 bits per heavy atom. The van der Waals surface area contributed by atoms with E-state index in [-0.39, 0.29) is 29.3 Å². The SMILES string of the molecule is CCNC(Cc1c(F)cccc1Cl)C1CCS(=O)(=O)C1. The third-order valence-electron chi connectivity index (χ3n) is 3.79. The highest BCUT2D eigenvalue weighted by Crippen LogP contribution is 2.27. The maximum absolute atomic E-state index is 13.9. The minimum Gasteiger partial charge on any atom is -0.314 e. The Morgan fingerprint density at radius 3 is 2.80 bits per heavy atom. The molecule has 0 saturated carbocycles. The molecule has 1 aliphatic rings. The van der Waals surface area contributed by atoms with Gasteiger partial charge in [-0.2, -0.15) is 0 Å². The molecular weight excluding hydrogens is 301 g/mol. The number of likely N-dealkylation sites (N-methyl/N-ethyl adjacent to an activating group) is 1. The molecule has 2 rings (SSSR count). The van der Waals surface area contributed by atoms with Gasteiger partial charge in [-0.1, -0.05) is 24.6 Å². The molecule has 3 nitrogen and oxygen atoms in total. The van der Waals surface area contributed by atoms with E-state index in [1.54, 1.807) is 12.1 Å². The van der Waals surface area contributed by atoms with Crippen molar-refractivity contribution in [2.45, 2.75) is 25.8 Å². The van der Waals surface area contributed by atoms with Crippen LogP contribution < -0.4 is 5.32 Å². The van der Waals surface area contributed by atoms with Crippen molar-refractivity contribution < 1.29 is 12.8 Å². The van der Waals surface area contributed by atoms with Gasteiger partial charge in [-0.25, -0.2) is 12.8 Å². The first kappa shape index (κ1) is 15.7. The summed E-state index contributed by atoms with van der Waals surface area (Å²) < 4.78 is 37.1. The lowest BCUT2D eigenvalue weighted by molar-refractivity contribution is 0.382. The van der Waals surface area contributed by atoms with Crippen LogP contribution in [0, 0.1) is 11.7 Å². The fourth-order valence-electron chi connectivity index (χ4n) is 2.76. The van der Waals surface area contributed by atoms with Gasteiger partial charge in [-0.3, -0.25) is 0 Å². The zero-order valence-electron chi connectivity index (χ0n) is 11.4. The van der Waals surface area contributed by atoms with Crippen LogP contribution in [0.2, 0.25) is 5.02 Å². The fourth-order valence-corrected chi connectivity index (χ4v) is 4.88. The minimum absolute atomic E-state index is 0.0237. The van der Waals surface area contributed by atoms with Gasteiger partial charge in [-0.05, 0) is 37.4 Å². The zero-order valence-corrected chi connectivity index (χ0v) is 13.0. The maximum Gasteiger partial charge on any atom is 0.150 e. The second-order valence-electron chi connectivity index (χ2n) is 5.23. The number of hydrogen-bond acceptors (Lipinski definition) is 3. The third kappa shape index (κ3) is 3.71. The van der Waals surface area contributed by atoms with Crippen LogP contribution in [0.25, 0.3) is 0 Å². The van der Waals surface area contributed by atoms with Gasteiger partial charge in [0, 0.05) is 16.6 Å². The number of sulfone groups is 1. The Labute approximate surface area is 124 Å². The minimum atomic E-state index is -2.94. The van der Waals surface area contributed by atoms with E-state index in [2.05, 4.69) is 5.32 Å². The van der Waals surface area contributed by atoms with E-state index in [0.29, 0.717) is 30.0 Å². The molecule has 1 fully saturated rings. The Morgan fingerprint density at radius 2 is 2.25 bits per heavy atom. The normalized spacial score (nSPS) is 22.9. The van der Waals surface area contributed by atoms with Gasteiger partial charge in [0.1, 0.15) is 5.82 Å². The number of halogens is 2. The molecular formula is C14H19ClFNO2S. The summed E-state index contributed by atoms with van der Waals surface area (Å²) in [5, 5.41) is 3.67. The fraction of sp³-hybridized carbons (Fsp3) is 0.571. The Hall–Kier alpha value is -0.650. The highest BCUT2D eigenvalue weighted by molar-refractivity contribution is 7.91. The summed E-state index contributed by atoms with van der Waals surface area (Å²) >= 11 is 6.05. The standard InChI is InChI=1S/C14H19ClFNO2S/c1-2-17-14(10-6-7-20(18,19)9-10)8-11-12(15)4-3-5-13(11)16/h3-5,10,14,17H,2,6-9H2,1H3. The second kappa shape index (κ2) is 6.41. The first-order valence-corrected chi connectivity index (χ1v) is 8.99. The third-order valence-corrected chi connectivity index (χ3v) is 5.94. The summed E-state index contributed by atoms with van der Waals surface area (Å²) in [5.41, 5.74) is 0.462. The van der Waals surface area contributed by atoms with Crippen molar-refractivity contribution in [2.75, 3.05) is 18.1 Å². The van der Waals surface area contributed by atoms with Crippen LogP contribution in [0.3, 0.4) is 0 Å². The molecule has 0 bridgehead atoms. The van der Waals surface area contributed by atoms with Crippen molar-refractivity contribution in [1.29, 1.82) is 0 Å². The van der Waals surface area contributed by atoms with Crippen molar-refractivity contribution in [3.05, 3.63) is 34.6 Å². The van der Waals surface area contributed by atoms with E-state index in [0.717, 1.165) is 0 Å². The van der Waals surface area contributed by atoms with Crippen molar-refractivity contribution >= 4 is 21.4 Å². The van der Waals surface area contributed by atoms with E-state index in [4.69, 9.17) is 11.6 Å². The van der Waals surface area contributed by atoms with Crippen molar-refractivity contribution in [3.8, 4) is 0 Å². The van der Waals surface area contributed by atoms with E-state index < -0.39 is 9.84 Å². The first-order valence-electron chi connectivity index (χ1n) is 6.79. The van der Waals surface area contributed by atoms with Crippen LogP contribution in [0.4, 0.5) is 4.39 Å². The molecule has 1 N–H and O–H groups in total. The summed E-state index contributed by atoms with van der Waals surface area (Å²) in [4.78, 5) is 0. The monoisotopic (exact) mass is 319 g/mol. The predicted molar refractivity (Wildman–Crippen MR) is 79.3 cm³/mol. The van der Waals surface area contributed by atoms with Gasteiger partial charge in [0.15, 0.2) is 9.84 Å². The molecule has 1 heterocycles. The molecule has 0 amide bonds. The molecule has 0 aromatic heterocycles. The van der Waals surface area contributed by atoms with Gasteiger partial charge in [-0.15, -0.1) is 0 Å². The highest BCUT2D eigenvalue weighted by atomic mass is 35.5. The number of rotatable bonds is 5. The summed E-state index contributed by atoms with van der Waals surface area (Å²) in [6.07, 6.45) is 1.05. The van der Waals surface area contributed by atoms with Gasteiger partial charge < -0.3 is 5.32 Å². The molecule has 20 heavy (non-hydrogen) atoms. The molecule has 2 unspecified atom stereocenters. The van der Waals surface area contributed by atoms with Crippen molar-refractivity contribution in [1.82, 2.24) is 5.32 Å². The molecule has 0 spiro atoms. The molecule has 1 aromatic carbocycles. The summed E-state index contributed by atoms with van der Waals surface area (Å²) in [6.45, 7) is 2.67. The van der Waals surface area contributed by atoms with Crippen LogP contribution >= 0.6 is 11.6 Å². The van der Waals surface area contributed by atoms with Crippen LogP contribution in [0.1, 0.15) is 18.9 Å². The molecule has 2 atom stereocenters. The van der Waals surface area contributed by atoms with E-state index >= 15 is 0 Å². The Bertz CT molecular complexity index is 556. The topological polar surface area (TPSA) is 46.2 Å². The van der Waals surface area contributed by atoms with Crippen molar-refractivity contribution in [3.63, 3.8) is 0 Å². The maximum atomic E-state index is 13.9. The quantitative estimate of drug-likeness (QED) is 0.906. The molecule has 1 aliphatic heterocycles. The first-order chi connectivity index (χ1) is 9.43. The Kier molecular flexibility index (Phi) is 5.04. The molecule has 1 aromatic rings. The van der Waals surface area contributed by atoms with Gasteiger partial charge in [0.25, 0.3) is 0 Å². The molecule has 0 aliphatic carbocycles. The number of hydrogen-bond donors (Lipinski definition) is 1. The second-order valence-corrected chi connectivity index (χ2v) is 7.87. The van der Waals surface area contributed by atoms with Crippen LogP contribution in [-0.2, 0) is 16.3 Å².